The van der Waals surface area contributed by atoms with E-state index >= 15 is 0 Å². The van der Waals surface area contributed by atoms with E-state index in [1.54, 1.807) is 13.0 Å². The molecule has 1 aromatic carbocycles. The van der Waals surface area contributed by atoms with Gasteiger partial charge in [-0.3, -0.25) is 0 Å². The van der Waals surface area contributed by atoms with Crippen LogP contribution in [0.15, 0.2) is 12.1 Å². The lowest BCUT2D eigenvalue weighted by Crippen LogP contribution is -2.19. The molecule has 0 heterocycles. The van der Waals surface area contributed by atoms with Crippen LogP contribution in [-0.4, -0.2) is 18.9 Å². The summed E-state index contributed by atoms with van der Waals surface area (Å²) in [4.78, 5) is 11.5. The molecule has 0 aromatic heterocycles. The highest BCUT2D eigenvalue weighted by Gasteiger charge is 2.33. The third kappa shape index (κ3) is 3.88. The van der Waals surface area contributed by atoms with Gasteiger partial charge in [0.2, 0.25) is 0 Å². The quantitative estimate of drug-likeness (QED) is 0.794. The Morgan fingerprint density at radius 3 is 2.53 bits per heavy atom. The van der Waals surface area contributed by atoms with Crippen LogP contribution >= 0.6 is 0 Å². The zero-order chi connectivity index (χ0) is 14.6. The normalized spacial score (nSPS) is 10.7. The summed E-state index contributed by atoms with van der Waals surface area (Å²) in [6.07, 6.45) is -4.90. The molecule has 0 aliphatic carbocycles. The van der Waals surface area contributed by atoms with Crippen molar-refractivity contribution in [3.63, 3.8) is 0 Å². The molecule has 102 valence electrons. The van der Waals surface area contributed by atoms with Crippen LogP contribution in [0, 0.1) is 18.3 Å². The smallest absolute Gasteiger partial charge is 0.462 e. The van der Waals surface area contributed by atoms with Crippen LogP contribution in [0.5, 0.6) is 5.75 Å². The van der Waals surface area contributed by atoms with Crippen molar-refractivity contribution in [3.8, 4) is 11.8 Å². The predicted molar refractivity (Wildman–Crippen MR) is 58.5 cm³/mol. The van der Waals surface area contributed by atoms with Crippen molar-refractivity contribution in [1.29, 1.82) is 5.26 Å². The summed E-state index contributed by atoms with van der Waals surface area (Å²) in [5.74, 6) is -1.32. The van der Waals surface area contributed by atoms with Crippen molar-refractivity contribution >= 4 is 5.97 Å². The van der Waals surface area contributed by atoms with Gasteiger partial charge in [0.25, 0.3) is 0 Å². The summed E-state index contributed by atoms with van der Waals surface area (Å²) >= 11 is 0. The Kier molecular flexibility index (Phi) is 4.38. The highest BCUT2D eigenvalue weighted by atomic mass is 19.4. The van der Waals surface area contributed by atoms with Crippen molar-refractivity contribution in [2.45, 2.75) is 20.2 Å². The largest absolute Gasteiger partial charge is 0.573 e. The van der Waals surface area contributed by atoms with E-state index in [9.17, 15) is 18.0 Å². The Morgan fingerprint density at radius 1 is 1.42 bits per heavy atom. The second-order valence-electron chi connectivity index (χ2n) is 3.55. The number of aryl methyl sites for hydroxylation is 1. The minimum atomic E-state index is -4.90. The van der Waals surface area contributed by atoms with Crippen molar-refractivity contribution in [2.75, 3.05) is 6.61 Å². The van der Waals surface area contributed by atoms with Gasteiger partial charge in [0.05, 0.1) is 17.7 Å². The molecule has 0 amide bonds. The first kappa shape index (κ1) is 14.8. The van der Waals surface area contributed by atoms with E-state index in [0.717, 1.165) is 6.07 Å². The molecule has 0 unspecified atom stereocenters. The Hall–Kier alpha value is -2.23. The van der Waals surface area contributed by atoms with Gasteiger partial charge >= 0.3 is 12.3 Å². The van der Waals surface area contributed by atoms with Gasteiger partial charge in [-0.05, 0) is 31.5 Å². The molecule has 0 aliphatic rings. The maximum absolute atomic E-state index is 12.2. The standard InChI is InChI=1S/C12H10F3NO3/c1-3-18-11(17)8-4-7(2)10(9(5-8)6-16)19-12(13,14)15/h4-5H,3H2,1-2H3. The van der Waals surface area contributed by atoms with E-state index in [2.05, 4.69) is 4.74 Å². The summed E-state index contributed by atoms with van der Waals surface area (Å²) in [6, 6.07) is 3.75. The van der Waals surface area contributed by atoms with E-state index in [4.69, 9.17) is 10.00 Å². The first-order valence-corrected chi connectivity index (χ1v) is 5.26. The lowest BCUT2D eigenvalue weighted by molar-refractivity contribution is -0.274. The summed E-state index contributed by atoms with van der Waals surface area (Å²) < 4.78 is 45.1. The number of nitrogens with zero attached hydrogens (tertiary/aromatic N) is 1. The van der Waals surface area contributed by atoms with Crippen molar-refractivity contribution in [3.05, 3.63) is 28.8 Å². The van der Waals surface area contributed by atoms with Gasteiger partial charge in [0.15, 0.2) is 0 Å². The van der Waals surface area contributed by atoms with Gasteiger partial charge in [-0.1, -0.05) is 0 Å². The summed E-state index contributed by atoms with van der Waals surface area (Å²) in [6.45, 7) is 3.03. The van der Waals surface area contributed by atoms with Gasteiger partial charge in [0.1, 0.15) is 11.8 Å². The molecule has 7 heteroatoms. The first-order valence-electron chi connectivity index (χ1n) is 5.26. The monoisotopic (exact) mass is 273 g/mol. The topological polar surface area (TPSA) is 59.3 Å². The number of hydrogen-bond acceptors (Lipinski definition) is 4. The van der Waals surface area contributed by atoms with E-state index in [-0.39, 0.29) is 23.3 Å². The fourth-order valence-electron chi connectivity index (χ4n) is 1.44. The first-order chi connectivity index (χ1) is 8.78. The molecular weight excluding hydrogens is 263 g/mol. The molecule has 0 saturated heterocycles. The van der Waals surface area contributed by atoms with E-state index in [0.29, 0.717) is 0 Å². The van der Waals surface area contributed by atoms with Crippen LogP contribution in [0.2, 0.25) is 0 Å². The molecule has 0 aliphatic heterocycles. The highest BCUT2D eigenvalue weighted by Crippen LogP contribution is 2.30. The van der Waals surface area contributed by atoms with Gasteiger partial charge in [-0.2, -0.15) is 5.26 Å². The number of rotatable bonds is 3. The summed E-state index contributed by atoms with van der Waals surface area (Å²) in [5, 5.41) is 8.83. The van der Waals surface area contributed by atoms with Crippen molar-refractivity contribution in [1.82, 2.24) is 0 Å². The molecule has 0 atom stereocenters. The highest BCUT2D eigenvalue weighted by molar-refractivity contribution is 5.90. The molecule has 0 N–H and O–H groups in total. The zero-order valence-corrected chi connectivity index (χ0v) is 10.2. The molecule has 0 spiro atoms. The molecule has 0 saturated carbocycles. The fraction of sp³-hybridized carbons (Fsp3) is 0.333. The van der Waals surface area contributed by atoms with Crippen LogP contribution in [-0.2, 0) is 4.74 Å². The Balaban J connectivity index is 3.23. The lowest BCUT2D eigenvalue weighted by Gasteiger charge is -2.13. The molecule has 19 heavy (non-hydrogen) atoms. The second-order valence-corrected chi connectivity index (χ2v) is 3.55. The maximum Gasteiger partial charge on any atom is 0.573 e. The van der Waals surface area contributed by atoms with Crippen LogP contribution in [0.4, 0.5) is 13.2 Å². The summed E-state index contributed by atoms with van der Waals surface area (Å²) in [5.41, 5.74) is -0.342. The van der Waals surface area contributed by atoms with E-state index in [1.165, 1.54) is 13.0 Å². The van der Waals surface area contributed by atoms with Gasteiger partial charge in [0, 0.05) is 0 Å². The number of ether oxygens (including phenoxy) is 2. The van der Waals surface area contributed by atoms with Crippen LogP contribution in [0.3, 0.4) is 0 Å². The SMILES string of the molecule is CCOC(=O)c1cc(C)c(OC(F)(F)F)c(C#N)c1. The Labute approximate surface area is 107 Å². The number of nitriles is 1. The molecule has 0 bridgehead atoms. The molecule has 1 aromatic rings. The minimum Gasteiger partial charge on any atom is -0.462 e. The minimum absolute atomic E-state index is 0.00502. The van der Waals surface area contributed by atoms with E-state index in [1.807, 2.05) is 0 Å². The molecular formula is C12H10F3NO3. The van der Waals surface area contributed by atoms with Gasteiger partial charge in [-0.25, -0.2) is 4.79 Å². The van der Waals surface area contributed by atoms with Gasteiger partial charge < -0.3 is 9.47 Å². The third-order valence-electron chi connectivity index (χ3n) is 2.12. The van der Waals surface area contributed by atoms with E-state index < -0.39 is 18.1 Å². The Morgan fingerprint density at radius 2 is 2.05 bits per heavy atom. The van der Waals surface area contributed by atoms with Crippen molar-refractivity contribution < 1.29 is 27.4 Å². The zero-order valence-electron chi connectivity index (χ0n) is 10.2. The number of esters is 1. The van der Waals surface area contributed by atoms with Crippen LogP contribution in [0.1, 0.15) is 28.4 Å². The second kappa shape index (κ2) is 5.61. The van der Waals surface area contributed by atoms with Gasteiger partial charge in [-0.15, -0.1) is 13.2 Å². The number of benzene rings is 1. The number of alkyl halides is 3. The number of hydrogen-bond donors (Lipinski definition) is 0. The molecule has 0 fully saturated rings. The molecule has 4 nitrogen and oxygen atoms in total. The average Bonchev–Trinajstić information content (AvgIpc) is 2.30. The lowest BCUT2D eigenvalue weighted by atomic mass is 10.1. The summed E-state index contributed by atoms with van der Waals surface area (Å²) in [7, 11) is 0. The fourth-order valence-corrected chi connectivity index (χ4v) is 1.44. The molecule has 1 rings (SSSR count). The molecule has 0 radical (unpaired) electrons. The number of halogens is 3. The average molecular weight is 273 g/mol. The van der Waals surface area contributed by atoms with Crippen LogP contribution in [0.25, 0.3) is 0 Å². The number of carbonyl (C=O) groups excluding carboxylic acids is 1. The Bertz CT molecular complexity index is 532. The third-order valence-corrected chi connectivity index (χ3v) is 2.12. The number of carbonyl (C=O) groups is 1. The maximum atomic E-state index is 12.2. The van der Waals surface area contributed by atoms with Crippen LogP contribution < -0.4 is 4.74 Å². The predicted octanol–water partition coefficient (Wildman–Crippen LogP) is 2.94. The van der Waals surface area contributed by atoms with Crippen molar-refractivity contribution in [2.24, 2.45) is 0 Å².